The SMILES string of the molecule is CCNC(=NCc1ccccc1-n1nc(C)cc1C)NCc1scnc1C. The van der Waals surface area contributed by atoms with E-state index in [1.54, 1.807) is 11.3 Å². The fourth-order valence-electron chi connectivity index (χ4n) is 2.89. The molecule has 7 heteroatoms. The van der Waals surface area contributed by atoms with Crippen LogP contribution >= 0.6 is 11.3 Å². The maximum absolute atomic E-state index is 4.77. The van der Waals surface area contributed by atoms with Crippen LogP contribution in [0.25, 0.3) is 5.69 Å². The van der Waals surface area contributed by atoms with Crippen molar-refractivity contribution in [3.8, 4) is 5.69 Å². The van der Waals surface area contributed by atoms with Gasteiger partial charge in [0.25, 0.3) is 0 Å². The lowest BCUT2D eigenvalue weighted by Crippen LogP contribution is -2.36. The molecular formula is C20H26N6S. The quantitative estimate of drug-likeness (QED) is 0.506. The molecule has 0 aliphatic carbocycles. The average molecular weight is 383 g/mol. The summed E-state index contributed by atoms with van der Waals surface area (Å²) in [6, 6.07) is 10.4. The Morgan fingerprint density at radius 1 is 1.19 bits per heavy atom. The van der Waals surface area contributed by atoms with Crippen molar-refractivity contribution in [2.24, 2.45) is 4.99 Å². The molecule has 0 fully saturated rings. The molecule has 27 heavy (non-hydrogen) atoms. The van der Waals surface area contributed by atoms with Gasteiger partial charge in [0, 0.05) is 17.1 Å². The standard InChI is InChI=1S/C20H26N6S/c1-5-21-20(23-12-19-16(4)24-13-27-19)22-11-17-8-6-7-9-18(17)26-15(3)10-14(2)25-26/h6-10,13H,5,11-12H2,1-4H3,(H2,21,22,23). The second-order valence-corrected chi connectivity index (χ2v) is 7.32. The second-order valence-electron chi connectivity index (χ2n) is 6.38. The first-order valence-corrected chi connectivity index (χ1v) is 9.99. The van der Waals surface area contributed by atoms with Crippen LogP contribution in [0.1, 0.15) is 34.4 Å². The van der Waals surface area contributed by atoms with E-state index in [0.29, 0.717) is 6.54 Å². The zero-order valence-electron chi connectivity index (χ0n) is 16.3. The first-order valence-electron chi connectivity index (χ1n) is 9.11. The topological polar surface area (TPSA) is 67.1 Å². The lowest BCUT2D eigenvalue weighted by atomic mass is 10.2. The van der Waals surface area contributed by atoms with Gasteiger partial charge < -0.3 is 10.6 Å². The highest BCUT2D eigenvalue weighted by Gasteiger charge is 2.09. The maximum atomic E-state index is 4.77. The zero-order chi connectivity index (χ0) is 19.2. The molecule has 0 unspecified atom stereocenters. The lowest BCUT2D eigenvalue weighted by Gasteiger charge is -2.13. The fourth-order valence-corrected chi connectivity index (χ4v) is 3.61. The predicted octanol–water partition coefficient (Wildman–Crippen LogP) is 3.51. The van der Waals surface area contributed by atoms with Crippen LogP contribution in [-0.2, 0) is 13.1 Å². The Labute approximate surface area is 164 Å². The summed E-state index contributed by atoms with van der Waals surface area (Å²) >= 11 is 1.66. The van der Waals surface area contributed by atoms with Crippen LogP contribution in [0.2, 0.25) is 0 Å². The minimum Gasteiger partial charge on any atom is -0.357 e. The summed E-state index contributed by atoms with van der Waals surface area (Å²) in [5.74, 6) is 0.800. The largest absolute Gasteiger partial charge is 0.357 e. The number of thiazole rings is 1. The number of hydrogen-bond acceptors (Lipinski definition) is 4. The molecule has 0 saturated carbocycles. The molecule has 2 heterocycles. The van der Waals surface area contributed by atoms with Gasteiger partial charge in [0.2, 0.25) is 0 Å². The van der Waals surface area contributed by atoms with Crippen molar-refractivity contribution >= 4 is 17.3 Å². The van der Waals surface area contributed by atoms with Crippen molar-refractivity contribution in [2.75, 3.05) is 6.54 Å². The monoisotopic (exact) mass is 382 g/mol. The average Bonchev–Trinajstić information content (AvgIpc) is 3.22. The smallest absolute Gasteiger partial charge is 0.191 e. The molecule has 0 spiro atoms. The van der Waals surface area contributed by atoms with E-state index in [2.05, 4.69) is 52.8 Å². The molecule has 1 aromatic carbocycles. The molecule has 0 atom stereocenters. The van der Waals surface area contributed by atoms with Crippen molar-refractivity contribution < 1.29 is 0 Å². The van der Waals surface area contributed by atoms with Gasteiger partial charge in [-0.25, -0.2) is 14.7 Å². The molecule has 0 saturated heterocycles. The van der Waals surface area contributed by atoms with Crippen molar-refractivity contribution in [2.45, 2.75) is 40.8 Å². The highest BCUT2D eigenvalue weighted by Crippen LogP contribution is 2.18. The summed E-state index contributed by atoms with van der Waals surface area (Å²) in [5.41, 5.74) is 7.28. The Bertz CT molecular complexity index is 924. The van der Waals surface area contributed by atoms with Crippen molar-refractivity contribution in [3.63, 3.8) is 0 Å². The molecule has 2 aromatic heterocycles. The molecule has 0 radical (unpaired) electrons. The molecule has 3 rings (SSSR count). The van der Waals surface area contributed by atoms with Gasteiger partial charge in [0.1, 0.15) is 0 Å². The van der Waals surface area contributed by atoms with Crippen molar-refractivity contribution in [1.82, 2.24) is 25.4 Å². The summed E-state index contributed by atoms with van der Waals surface area (Å²) in [6.07, 6.45) is 0. The molecule has 3 aromatic rings. The number of para-hydroxylation sites is 1. The number of aliphatic imine (C=N–C) groups is 1. The normalized spacial score (nSPS) is 11.6. The van der Waals surface area contributed by atoms with Crippen LogP contribution in [0.5, 0.6) is 0 Å². The van der Waals surface area contributed by atoms with E-state index >= 15 is 0 Å². The van der Waals surface area contributed by atoms with Gasteiger partial charge >= 0.3 is 0 Å². The van der Waals surface area contributed by atoms with Gasteiger partial charge in [-0.1, -0.05) is 18.2 Å². The molecule has 6 nitrogen and oxygen atoms in total. The third-order valence-corrected chi connectivity index (χ3v) is 5.18. The van der Waals surface area contributed by atoms with Gasteiger partial charge in [-0.15, -0.1) is 11.3 Å². The highest BCUT2D eigenvalue weighted by atomic mass is 32.1. The number of guanidine groups is 1. The Morgan fingerprint density at radius 3 is 2.67 bits per heavy atom. The van der Waals surface area contributed by atoms with E-state index in [1.807, 2.05) is 36.2 Å². The third kappa shape index (κ3) is 4.74. The number of benzene rings is 1. The summed E-state index contributed by atoms with van der Waals surface area (Å²) in [4.78, 5) is 10.3. The number of aryl methyl sites for hydroxylation is 3. The Balaban J connectivity index is 1.78. The van der Waals surface area contributed by atoms with Gasteiger partial charge in [-0.2, -0.15) is 5.10 Å². The van der Waals surface area contributed by atoms with Crippen LogP contribution in [0, 0.1) is 20.8 Å². The van der Waals surface area contributed by atoms with Gasteiger partial charge in [0.15, 0.2) is 5.96 Å². The van der Waals surface area contributed by atoms with E-state index in [-0.39, 0.29) is 0 Å². The molecule has 0 bridgehead atoms. The summed E-state index contributed by atoms with van der Waals surface area (Å²) in [7, 11) is 0. The Hall–Kier alpha value is -2.67. The van der Waals surface area contributed by atoms with Crippen molar-refractivity contribution in [3.05, 3.63) is 63.4 Å². The first-order chi connectivity index (χ1) is 13.1. The zero-order valence-corrected chi connectivity index (χ0v) is 17.1. The molecule has 0 amide bonds. The molecule has 0 aliphatic rings. The second kappa shape index (κ2) is 8.81. The number of aromatic nitrogens is 3. The summed E-state index contributed by atoms with van der Waals surface area (Å²) in [6.45, 7) is 10.3. The molecular weight excluding hydrogens is 356 g/mol. The van der Waals surface area contributed by atoms with E-state index in [4.69, 9.17) is 4.99 Å². The van der Waals surface area contributed by atoms with Gasteiger partial charge in [-0.3, -0.25) is 0 Å². The third-order valence-electron chi connectivity index (χ3n) is 4.24. The van der Waals surface area contributed by atoms with E-state index < -0.39 is 0 Å². The number of nitrogens with one attached hydrogen (secondary N) is 2. The molecule has 142 valence electrons. The lowest BCUT2D eigenvalue weighted by molar-refractivity contribution is 0.802. The van der Waals surface area contributed by atoms with Crippen LogP contribution < -0.4 is 10.6 Å². The predicted molar refractivity (Wildman–Crippen MR) is 112 cm³/mol. The summed E-state index contributed by atoms with van der Waals surface area (Å²) in [5, 5.41) is 11.3. The van der Waals surface area contributed by atoms with Crippen LogP contribution in [0.15, 0.2) is 40.8 Å². The van der Waals surface area contributed by atoms with Gasteiger partial charge in [-0.05, 0) is 45.4 Å². The maximum Gasteiger partial charge on any atom is 0.191 e. The minimum absolute atomic E-state index is 0.575. The Kier molecular flexibility index (Phi) is 6.24. The van der Waals surface area contributed by atoms with E-state index in [1.165, 1.54) is 4.88 Å². The van der Waals surface area contributed by atoms with Crippen LogP contribution in [-0.4, -0.2) is 27.3 Å². The fraction of sp³-hybridized carbons (Fsp3) is 0.350. The molecule has 0 aliphatic heterocycles. The number of nitrogens with zero attached hydrogens (tertiary/aromatic N) is 4. The first kappa shape index (κ1) is 19.1. The Morgan fingerprint density at radius 2 is 2.00 bits per heavy atom. The van der Waals surface area contributed by atoms with Crippen LogP contribution in [0.4, 0.5) is 0 Å². The minimum atomic E-state index is 0.575. The summed E-state index contributed by atoms with van der Waals surface area (Å²) < 4.78 is 1.99. The molecule has 2 N–H and O–H groups in total. The van der Waals surface area contributed by atoms with Crippen LogP contribution in [0.3, 0.4) is 0 Å². The highest BCUT2D eigenvalue weighted by molar-refractivity contribution is 7.09. The van der Waals surface area contributed by atoms with E-state index in [9.17, 15) is 0 Å². The van der Waals surface area contributed by atoms with Gasteiger partial charge in [0.05, 0.1) is 35.7 Å². The van der Waals surface area contributed by atoms with Crippen molar-refractivity contribution in [1.29, 1.82) is 0 Å². The number of rotatable bonds is 6. The van der Waals surface area contributed by atoms with E-state index in [0.717, 1.165) is 47.4 Å². The number of hydrogen-bond donors (Lipinski definition) is 2.